The summed E-state index contributed by atoms with van der Waals surface area (Å²) in [6, 6.07) is 91.8. The van der Waals surface area contributed by atoms with E-state index in [9.17, 15) is 0 Å². The molecule has 0 bridgehead atoms. The lowest BCUT2D eigenvalue weighted by Gasteiger charge is -2.42. The summed E-state index contributed by atoms with van der Waals surface area (Å²) in [5, 5.41) is 7.04. The number of hydrogen-bond donors (Lipinski definition) is 0. The predicted molar refractivity (Wildman–Crippen MR) is 288 cm³/mol. The van der Waals surface area contributed by atoms with E-state index in [1.54, 1.807) is 0 Å². The molecule has 0 amide bonds. The van der Waals surface area contributed by atoms with Crippen molar-refractivity contribution in [1.29, 1.82) is 0 Å². The molecule has 0 saturated carbocycles. The van der Waals surface area contributed by atoms with Crippen molar-refractivity contribution in [3.63, 3.8) is 0 Å². The van der Waals surface area contributed by atoms with Crippen LogP contribution in [0.1, 0.15) is 0 Å². The molecule has 10 aromatic carbocycles. The van der Waals surface area contributed by atoms with Gasteiger partial charge in [0.2, 0.25) is 11.9 Å². The molecule has 4 heterocycles. The van der Waals surface area contributed by atoms with Crippen molar-refractivity contribution in [1.82, 2.24) is 28.7 Å². The highest BCUT2D eigenvalue weighted by Crippen LogP contribution is 2.73. The first-order valence-electron chi connectivity index (χ1n) is 23.6. The van der Waals surface area contributed by atoms with Crippen LogP contribution in [0, 0.1) is 0 Å². The average Bonchev–Trinajstić information content (AvgIpc) is 4.08. The Hall–Kier alpha value is -9.04. The minimum absolute atomic E-state index is 0.549. The van der Waals surface area contributed by atoms with E-state index in [4.69, 9.17) is 15.0 Å². The van der Waals surface area contributed by atoms with E-state index in [1.165, 1.54) is 41.4 Å². The smallest absolute Gasteiger partial charge is 0.240 e. The summed E-state index contributed by atoms with van der Waals surface area (Å²) < 4.78 is 6.81. The summed E-state index contributed by atoms with van der Waals surface area (Å²) in [5.41, 5.74) is 8.48. The van der Waals surface area contributed by atoms with Gasteiger partial charge in [-0.25, -0.2) is 0 Å². The third kappa shape index (κ3) is 6.05. The Balaban J connectivity index is 1.05. The molecule has 0 saturated heterocycles. The van der Waals surface area contributed by atoms with Gasteiger partial charge in [0.25, 0.3) is 0 Å². The van der Waals surface area contributed by atoms with Crippen molar-refractivity contribution in [3.05, 3.63) is 255 Å². The van der Waals surface area contributed by atoms with Crippen LogP contribution in [0.25, 0.3) is 94.4 Å². The molecule has 6 nitrogen and oxygen atoms in total. The Morgan fingerprint density at radius 1 is 0.257 bits per heavy atom. The molecule has 14 aromatic rings. The number of aromatic nitrogens is 6. The molecule has 0 N–H and O–H groups in total. The minimum Gasteiger partial charge on any atom is -0.309 e. The van der Waals surface area contributed by atoms with Gasteiger partial charge in [-0.3, -0.25) is 9.13 Å². The van der Waals surface area contributed by atoms with Gasteiger partial charge in [-0.1, -0.05) is 164 Å². The number of benzene rings is 10. The number of rotatable bonds is 8. The fourth-order valence-electron chi connectivity index (χ4n) is 10.9. The van der Waals surface area contributed by atoms with Crippen LogP contribution in [-0.4, -0.2) is 28.7 Å². The molecule has 0 aliphatic carbocycles. The van der Waals surface area contributed by atoms with E-state index in [0.29, 0.717) is 17.7 Å². The van der Waals surface area contributed by atoms with E-state index < -0.39 is 10.0 Å². The van der Waals surface area contributed by atoms with Crippen LogP contribution in [0.2, 0.25) is 0 Å². The van der Waals surface area contributed by atoms with Crippen molar-refractivity contribution < 1.29 is 0 Å². The standard InChI is InChI=1S/C63H42N6S/c1-3-23-45(24-4-1)70(46-25-5-2-6-26-46,48-28-20-22-44(42-48)67-55-35-13-7-29-49(55)50-30-8-14-36-56(50)67)47-27-19-21-43(41-47)61-64-62(68-57-37-15-9-31-51(57)52-32-10-16-38-58(52)68)66-63(65-61)69-59-39-17-11-33-53(59)54-34-12-18-40-60(54)69/h1-42H. The second-order valence-electron chi connectivity index (χ2n) is 17.6. The third-order valence-corrected chi connectivity index (χ3v) is 17.7. The molecule has 0 unspecified atom stereocenters. The fourth-order valence-corrected chi connectivity index (χ4v) is 14.8. The lowest BCUT2D eigenvalue weighted by Crippen LogP contribution is -2.10. The van der Waals surface area contributed by atoms with Crippen LogP contribution in [0.15, 0.2) is 274 Å². The first kappa shape index (κ1) is 40.1. The highest BCUT2D eigenvalue weighted by Gasteiger charge is 2.34. The summed E-state index contributed by atoms with van der Waals surface area (Å²) in [6.07, 6.45) is 0. The molecular weight excluding hydrogens is 873 g/mol. The maximum Gasteiger partial charge on any atom is 0.240 e. The first-order valence-corrected chi connectivity index (χ1v) is 25.2. The summed E-state index contributed by atoms with van der Waals surface area (Å²) in [7, 11) is -2.18. The Morgan fingerprint density at radius 3 is 1.00 bits per heavy atom. The van der Waals surface area contributed by atoms with Crippen molar-refractivity contribution in [2.75, 3.05) is 0 Å². The van der Waals surface area contributed by atoms with Crippen LogP contribution in [-0.2, 0) is 0 Å². The molecule has 0 aliphatic rings. The molecular formula is C63H42N6S. The summed E-state index contributed by atoms with van der Waals surface area (Å²) in [4.78, 5) is 21.3. The molecule has 330 valence electrons. The van der Waals surface area contributed by atoms with Gasteiger partial charge in [0.05, 0.1) is 33.1 Å². The van der Waals surface area contributed by atoms with Gasteiger partial charge in [-0.05, 0) is 91.0 Å². The van der Waals surface area contributed by atoms with E-state index in [-0.39, 0.29) is 0 Å². The Labute approximate surface area is 405 Å². The summed E-state index contributed by atoms with van der Waals surface area (Å²) in [5.74, 6) is 1.68. The maximum atomic E-state index is 5.50. The van der Waals surface area contributed by atoms with Crippen molar-refractivity contribution in [2.24, 2.45) is 0 Å². The molecule has 0 fully saturated rings. The second kappa shape index (κ2) is 16.0. The van der Waals surface area contributed by atoms with Gasteiger partial charge in [0.15, 0.2) is 5.82 Å². The Kier molecular flexibility index (Phi) is 9.19. The van der Waals surface area contributed by atoms with E-state index in [0.717, 1.165) is 54.9 Å². The average molecular weight is 915 g/mol. The van der Waals surface area contributed by atoms with Crippen molar-refractivity contribution in [3.8, 4) is 29.0 Å². The summed E-state index contributed by atoms with van der Waals surface area (Å²) in [6.45, 7) is 0. The van der Waals surface area contributed by atoms with Gasteiger partial charge < -0.3 is 4.57 Å². The van der Waals surface area contributed by atoms with Crippen molar-refractivity contribution >= 4 is 75.4 Å². The quantitative estimate of drug-likeness (QED) is 0.153. The SMILES string of the molecule is c1ccc(S(c2ccccc2)(c2cccc(-c3nc(-n4c5ccccc5c5ccccc54)nc(-n4c5ccccc5c5ccccc54)n3)c2)c2cccc(-n3c4ccccc4c4ccccc43)c2)cc1. The van der Waals surface area contributed by atoms with E-state index in [1.807, 2.05) is 0 Å². The molecule has 4 aromatic heterocycles. The predicted octanol–water partition coefficient (Wildman–Crippen LogP) is 16.2. The topological polar surface area (TPSA) is 53.5 Å². The van der Waals surface area contributed by atoms with Crippen LogP contribution in [0.5, 0.6) is 0 Å². The molecule has 0 aliphatic heterocycles. The largest absolute Gasteiger partial charge is 0.309 e. The zero-order valence-electron chi connectivity index (χ0n) is 37.8. The zero-order valence-corrected chi connectivity index (χ0v) is 38.7. The van der Waals surface area contributed by atoms with Gasteiger partial charge in [-0.2, -0.15) is 15.0 Å². The minimum atomic E-state index is -2.18. The second-order valence-corrected chi connectivity index (χ2v) is 20.7. The zero-order chi connectivity index (χ0) is 46.2. The summed E-state index contributed by atoms with van der Waals surface area (Å²) >= 11 is 0. The molecule has 70 heavy (non-hydrogen) atoms. The number of fused-ring (bicyclic) bond motifs is 9. The molecule has 0 radical (unpaired) electrons. The Bertz CT molecular complexity index is 3990. The Morgan fingerprint density at radius 2 is 0.586 bits per heavy atom. The van der Waals surface area contributed by atoms with Gasteiger partial charge in [-0.15, -0.1) is 10.0 Å². The van der Waals surface area contributed by atoms with Gasteiger partial charge in [0, 0.05) is 63.2 Å². The van der Waals surface area contributed by atoms with Crippen LogP contribution in [0.4, 0.5) is 0 Å². The lowest BCUT2D eigenvalue weighted by atomic mass is 10.2. The molecule has 7 heteroatoms. The highest BCUT2D eigenvalue weighted by atomic mass is 32.3. The fraction of sp³-hybridized carbons (Fsp3) is 0. The van der Waals surface area contributed by atoms with E-state index in [2.05, 4.69) is 268 Å². The monoisotopic (exact) mass is 914 g/mol. The van der Waals surface area contributed by atoms with Gasteiger partial charge in [0.1, 0.15) is 0 Å². The van der Waals surface area contributed by atoms with Crippen molar-refractivity contribution in [2.45, 2.75) is 19.6 Å². The number of nitrogens with zero attached hydrogens (tertiary/aromatic N) is 6. The molecule has 0 spiro atoms. The maximum absolute atomic E-state index is 5.50. The van der Waals surface area contributed by atoms with E-state index >= 15 is 0 Å². The first-order chi connectivity index (χ1) is 34.7. The third-order valence-electron chi connectivity index (χ3n) is 13.8. The lowest BCUT2D eigenvalue weighted by molar-refractivity contribution is 0.892. The van der Waals surface area contributed by atoms with Gasteiger partial charge >= 0.3 is 0 Å². The normalized spacial score (nSPS) is 12.2. The number of hydrogen-bond acceptors (Lipinski definition) is 3. The van der Waals surface area contributed by atoms with Crippen LogP contribution in [0.3, 0.4) is 0 Å². The molecule has 14 rings (SSSR count). The molecule has 0 atom stereocenters. The van der Waals surface area contributed by atoms with Crippen LogP contribution >= 0.6 is 10.0 Å². The van der Waals surface area contributed by atoms with Crippen LogP contribution < -0.4 is 0 Å². The highest BCUT2D eigenvalue weighted by molar-refractivity contribution is 8.34. The number of para-hydroxylation sites is 6.